The first kappa shape index (κ1) is 20.9. The van der Waals surface area contributed by atoms with Gasteiger partial charge in [-0.2, -0.15) is 4.99 Å². The zero-order chi connectivity index (χ0) is 21.1. The number of aromatic nitrogens is 1. The third-order valence-electron chi connectivity index (χ3n) is 5.16. The van der Waals surface area contributed by atoms with Crippen LogP contribution in [0.2, 0.25) is 0 Å². The van der Waals surface area contributed by atoms with Crippen molar-refractivity contribution in [3.05, 3.63) is 39.7 Å². The zero-order valence-corrected chi connectivity index (χ0v) is 18.8. The topological polar surface area (TPSA) is 75.0 Å². The minimum Gasteiger partial charge on any atom is -0.504 e. The monoisotopic (exact) mass is 443 g/mol. The van der Waals surface area contributed by atoms with Gasteiger partial charge in [0.1, 0.15) is 0 Å². The number of thioether (sulfide) groups is 1. The number of hydrogen-bond acceptors (Lipinski definition) is 7. The Balaban J connectivity index is 1.68. The highest BCUT2D eigenvalue weighted by atomic mass is 32.2. The predicted octanol–water partition coefficient (Wildman–Crippen LogP) is 5.49. The molecule has 0 atom stereocenters. The molecule has 158 valence electrons. The SMILES string of the molecule is CCOc1cc(/C=C2\S/C(=N/c3nc(C)cs3)N(C3CCCCC3)C2=O)ccc1O. The lowest BCUT2D eigenvalue weighted by Gasteiger charge is -2.30. The number of aliphatic imine (C=N–C) groups is 1. The molecule has 1 saturated carbocycles. The second-order valence-electron chi connectivity index (χ2n) is 7.40. The second kappa shape index (κ2) is 9.22. The molecule has 2 aromatic rings. The number of phenolic OH excluding ortho intramolecular Hbond substituents is 1. The molecule has 1 saturated heterocycles. The number of aromatic hydroxyl groups is 1. The molecule has 1 aliphatic heterocycles. The van der Waals surface area contributed by atoms with Crippen LogP contribution < -0.4 is 4.74 Å². The maximum Gasteiger partial charge on any atom is 0.267 e. The van der Waals surface area contributed by atoms with E-state index in [0.29, 0.717) is 27.6 Å². The van der Waals surface area contributed by atoms with Crippen molar-refractivity contribution < 1.29 is 14.6 Å². The molecule has 4 rings (SSSR count). The van der Waals surface area contributed by atoms with E-state index in [1.54, 1.807) is 18.2 Å². The molecule has 0 spiro atoms. The molecule has 1 amide bonds. The molecular weight excluding hydrogens is 418 g/mol. The van der Waals surface area contributed by atoms with Crippen molar-refractivity contribution in [1.29, 1.82) is 0 Å². The highest BCUT2D eigenvalue weighted by molar-refractivity contribution is 8.18. The first-order chi connectivity index (χ1) is 14.5. The molecule has 0 radical (unpaired) electrons. The van der Waals surface area contributed by atoms with Gasteiger partial charge >= 0.3 is 0 Å². The Kier molecular flexibility index (Phi) is 6.43. The largest absolute Gasteiger partial charge is 0.504 e. The Labute approximate surface area is 184 Å². The van der Waals surface area contributed by atoms with Crippen LogP contribution in [0.3, 0.4) is 0 Å². The quantitative estimate of drug-likeness (QED) is 0.618. The molecule has 1 aromatic carbocycles. The fourth-order valence-corrected chi connectivity index (χ4v) is 5.51. The van der Waals surface area contributed by atoms with Gasteiger partial charge in [-0.3, -0.25) is 9.69 Å². The third kappa shape index (κ3) is 4.54. The molecule has 1 aromatic heterocycles. The van der Waals surface area contributed by atoms with Crippen LogP contribution in [0, 0.1) is 6.92 Å². The Morgan fingerprint density at radius 1 is 1.33 bits per heavy atom. The number of ether oxygens (including phenoxy) is 1. The highest BCUT2D eigenvalue weighted by Gasteiger charge is 2.38. The Morgan fingerprint density at radius 2 is 2.13 bits per heavy atom. The predicted molar refractivity (Wildman–Crippen MR) is 123 cm³/mol. The Morgan fingerprint density at radius 3 is 2.83 bits per heavy atom. The van der Waals surface area contributed by atoms with E-state index in [2.05, 4.69) is 4.98 Å². The van der Waals surface area contributed by atoms with Crippen molar-refractivity contribution in [2.75, 3.05) is 6.61 Å². The number of thiazole rings is 1. The van der Waals surface area contributed by atoms with Gasteiger partial charge in [0.2, 0.25) is 5.13 Å². The van der Waals surface area contributed by atoms with Crippen molar-refractivity contribution in [3.63, 3.8) is 0 Å². The van der Waals surface area contributed by atoms with Gasteiger partial charge in [0.25, 0.3) is 5.91 Å². The Bertz CT molecular complexity index is 993. The fraction of sp³-hybridized carbons (Fsp3) is 0.409. The molecule has 6 nitrogen and oxygen atoms in total. The maximum absolute atomic E-state index is 13.4. The summed E-state index contributed by atoms with van der Waals surface area (Å²) in [6.07, 6.45) is 7.35. The van der Waals surface area contributed by atoms with Gasteiger partial charge in [-0.25, -0.2) is 4.98 Å². The number of aryl methyl sites for hydroxylation is 1. The molecule has 2 aliphatic rings. The Hall–Kier alpha value is -2.32. The normalized spacial score (nSPS) is 20.5. The summed E-state index contributed by atoms with van der Waals surface area (Å²) in [6.45, 7) is 4.27. The minimum absolute atomic E-state index is 0.00929. The van der Waals surface area contributed by atoms with Crippen LogP contribution in [-0.2, 0) is 4.79 Å². The smallest absolute Gasteiger partial charge is 0.267 e. The number of amides is 1. The lowest BCUT2D eigenvalue weighted by molar-refractivity contribution is -0.124. The van der Waals surface area contributed by atoms with Gasteiger partial charge in [-0.15, -0.1) is 11.3 Å². The van der Waals surface area contributed by atoms with E-state index in [9.17, 15) is 9.90 Å². The summed E-state index contributed by atoms with van der Waals surface area (Å²) >= 11 is 2.88. The summed E-state index contributed by atoms with van der Waals surface area (Å²) < 4.78 is 5.48. The van der Waals surface area contributed by atoms with Crippen LogP contribution in [-0.4, -0.2) is 38.7 Å². The lowest BCUT2D eigenvalue weighted by atomic mass is 9.94. The van der Waals surface area contributed by atoms with E-state index in [4.69, 9.17) is 9.73 Å². The van der Waals surface area contributed by atoms with Crippen LogP contribution in [0.4, 0.5) is 5.13 Å². The number of benzene rings is 1. The van der Waals surface area contributed by atoms with Gasteiger partial charge in [-0.05, 0) is 62.2 Å². The van der Waals surface area contributed by atoms with E-state index in [-0.39, 0.29) is 17.7 Å². The van der Waals surface area contributed by atoms with Crippen LogP contribution in [0.15, 0.2) is 33.5 Å². The highest BCUT2D eigenvalue weighted by Crippen LogP contribution is 2.39. The molecule has 1 aliphatic carbocycles. The van der Waals surface area contributed by atoms with Crippen LogP contribution >= 0.6 is 23.1 Å². The number of amidine groups is 1. The van der Waals surface area contributed by atoms with Crippen molar-refractivity contribution in [3.8, 4) is 11.5 Å². The number of rotatable bonds is 5. The average molecular weight is 444 g/mol. The molecule has 2 heterocycles. The van der Waals surface area contributed by atoms with E-state index in [1.807, 2.05) is 30.2 Å². The summed E-state index contributed by atoms with van der Waals surface area (Å²) in [5.41, 5.74) is 1.74. The van der Waals surface area contributed by atoms with Crippen LogP contribution in [0.25, 0.3) is 6.08 Å². The van der Waals surface area contributed by atoms with Crippen LogP contribution in [0.5, 0.6) is 11.5 Å². The number of carbonyl (C=O) groups is 1. The minimum atomic E-state index is -0.00929. The standard InChI is InChI=1S/C22H25N3O3S2/c1-3-28-18-11-15(9-10-17(18)26)12-19-20(27)25(16-7-5-4-6-8-16)22(30-19)24-21-23-14(2)13-29-21/h9-13,16,26H,3-8H2,1-2H3/b19-12-,24-22+. The summed E-state index contributed by atoms with van der Waals surface area (Å²) in [7, 11) is 0. The molecule has 0 bridgehead atoms. The molecule has 0 unspecified atom stereocenters. The maximum atomic E-state index is 13.4. The number of carbonyl (C=O) groups excluding carboxylic acids is 1. The summed E-state index contributed by atoms with van der Waals surface area (Å²) in [6, 6.07) is 5.31. The molecular formula is C22H25N3O3S2. The van der Waals surface area contributed by atoms with E-state index < -0.39 is 0 Å². The van der Waals surface area contributed by atoms with Crippen molar-refractivity contribution in [1.82, 2.24) is 9.88 Å². The fourth-order valence-electron chi connectivity index (χ4n) is 3.74. The molecule has 8 heteroatoms. The molecule has 30 heavy (non-hydrogen) atoms. The van der Waals surface area contributed by atoms with Crippen molar-refractivity contribution >= 4 is 45.4 Å². The van der Waals surface area contributed by atoms with Gasteiger partial charge in [0.05, 0.1) is 17.2 Å². The summed E-state index contributed by atoms with van der Waals surface area (Å²) in [5, 5.41) is 13.3. The molecule has 2 fully saturated rings. The van der Waals surface area contributed by atoms with Gasteiger partial charge < -0.3 is 9.84 Å². The van der Waals surface area contributed by atoms with Crippen LogP contribution in [0.1, 0.15) is 50.3 Å². The first-order valence-electron chi connectivity index (χ1n) is 10.2. The van der Waals surface area contributed by atoms with E-state index >= 15 is 0 Å². The summed E-state index contributed by atoms with van der Waals surface area (Å²) in [4.78, 5) is 25.0. The van der Waals surface area contributed by atoms with Crippen molar-refractivity contribution in [2.45, 2.75) is 52.0 Å². The van der Waals surface area contributed by atoms with E-state index in [0.717, 1.165) is 36.9 Å². The second-order valence-corrected chi connectivity index (χ2v) is 9.25. The lowest BCUT2D eigenvalue weighted by Crippen LogP contribution is -2.40. The average Bonchev–Trinajstić information content (AvgIpc) is 3.28. The zero-order valence-electron chi connectivity index (χ0n) is 17.1. The third-order valence-corrected chi connectivity index (χ3v) is 6.99. The number of hydrogen-bond donors (Lipinski definition) is 1. The van der Waals surface area contributed by atoms with Crippen molar-refractivity contribution in [2.24, 2.45) is 4.99 Å². The van der Waals surface area contributed by atoms with Gasteiger partial charge in [0, 0.05) is 11.4 Å². The summed E-state index contributed by atoms with van der Waals surface area (Å²) in [5.74, 6) is 0.498. The first-order valence-corrected chi connectivity index (χ1v) is 11.9. The number of nitrogens with zero attached hydrogens (tertiary/aromatic N) is 3. The number of phenols is 1. The van der Waals surface area contributed by atoms with E-state index in [1.165, 1.54) is 29.5 Å². The van der Waals surface area contributed by atoms with Gasteiger partial charge in [-0.1, -0.05) is 25.3 Å². The molecule has 1 N–H and O–H groups in total. The van der Waals surface area contributed by atoms with Gasteiger partial charge in [0.15, 0.2) is 16.7 Å².